The number of nitrogens with zero attached hydrogens (tertiary/aromatic N) is 7. The number of carbonyl (C=O) groups excluding carboxylic acids is 1. The van der Waals surface area contributed by atoms with Gasteiger partial charge in [0.15, 0.2) is 5.82 Å². The summed E-state index contributed by atoms with van der Waals surface area (Å²) in [7, 11) is 0. The fourth-order valence-electron chi connectivity index (χ4n) is 6.70. The monoisotopic (exact) mass is 683 g/mol. The standard InChI is InChI=1S/C18H22N6S.C18H23N3OS/c1-13-18(24-12-6-10-15(24)17-20-22-23-21-17)25-16(19-13)11-5-9-14-7-3-2-4-8-14;1-13-18(21-12-6-10-15(21)17(19)22)23-16(20-13)11-5-9-14-7-3-2-4-8-14/h2-4,7-8,15H,5-6,9-12H2,1H3,(H,20,21,22,23);2-4,7-8,15H,5-6,9-12H2,1H3,(H2,19,22)/t2*15-/m00/s1. The molecule has 252 valence electrons. The molecule has 2 atom stereocenters. The van der Waals surface area contributed by atoms with Crippen molar-refractivity contribution in [2.24, 2.45) is 5.73 Å². The van der Waals surface area contributed by atoms with Crippen LogP contribution in [0, 0.1) is 13.8 Å². The molecule has 12 heteroatoms. The van der Waals surface area contributed by atoms with E-state index in [2.05, 4.69) is 91.9 Å². The molecule has 1 amide bonds. The minimum Gasteiger partial charge on any atom is -0.368 e. The van der Waals surface area contributed by atoms with Crippen LogP contribution in [0.2, 0.25) is 0 Å². The van der Waals surface area contributed by atoms with Crippen molar-refractivity contribution in [1.29, 1.82) is 0 Å². The second-order valence-electron chi connectivity index (χ2n) is 12.5. The zero-order valence-corrected chi connectivity index (χ0v) is 29.5. The van der Waals surface area contributed by atoms with Crippen LogP contribution in [0.5, 0.6) is 0 Å². The van der Waals surface area contributed by atoms with E-state index in [4.69, 9.17) is 15.7 Å². The lowest BCUT2D eigenvalue weighted by Gasteiger charge is -2.22. The van der Waals surface area contributed by atoms with Gasteiger partial charge in [0, 0.05) is 13.1 Å². The van der Waals surface area contributed by atoms with Gasteiger partial charge in [-0.25, -0.2) is 9.97 Å². The molecule has 7 rings (SSSR count). The van der Waals surface area contributed by atoms with Gasteiger partial charge in [0.25, 0.3) is 0 Å². The van der Waals surface area contributed by atoms with Crippen LogP contribution in [-0.4, -0.2) is 55.6 Å². The highest BCUT2D eigenvalue weighted by Crippen LogP contribution is 2.40. The number of nitrogens with two attached hydrogens (primary N) is 1. The van der Waals surface area contributed by atoms with E-state index in [-0.39, 0.29) is 18.0 Å². The Morgan fingerprint density at radius 2 is 1.33 bits per heavy atom. The molecule has 0 saturated carbocycles. The van der Waals surface area contributed by atoms with E-state index in [9.17, 15) is 4.79 Å². The molecule has 2 aliphatic heterocycles. The number of primary amides is 1. The first-order valence-corrected chi connectivity index (χ1v) is 18.7. The number of aromatic nitrogens is 6. The highest BCUT2D eigenvalue weighted by molar-refractivity contribution is 7.16. The molecule has 0 aliphatic carbocycles. The molecule has 3 N–H and O–H groups in total. The summed E-state index contributed by atoms with van der Waals surface area (Å²) in [6.07, 6.45) is 10.5. The van der Waals surface area contributed by atoms with E-state index in [0.29, 0.717) is 0 Å². The van der Waals surface area contributed by atoms with E-state index in [1.54, 1.807) is 11.3 Å². The number of thiazole rings is 2. The quantitative estimate of drug-likeness (QED) is 0.151. The van der Waals surface area contributed by atoms with E-state index in [0.717, 1.165) is 105 Å². The van der Waals surface area contributed by atoms with Crippen LogP contribution in [0.3, 0.4) is 0 Å². The molecule has 48 heavy (non-hydrogen) atoms. The van der Waals surface area contributed by atoms with Crippen molar-refractivity contribution >= 4 is 38.6 Å². The van der Waals surface area contributed by atoms with Crippen molar-refractivity contribution in [3.05, 3.63) is 99.0 Å². The van der Waals surface area contributed by atoms with Gasteiger partial charge in [0.05, 0.1) is 27.4 Å². The molecule has 0 radical (unpaired) electrons. The Balaban J connectivity index is 0.000000168. The van der Waals surface area contributed by atoms with Gasteiger partial charge in [-0.05, 0) is 89.2 Å². The fourth-order valence-corrected chi connectivity index (χ4v) is 9.07. The highest BCUT2D eigenvalue weighted by atomic mass is 32.1. The SMILES string of the molecule is Cc1nc(CCCc2ccccc2)sc1N1CCC[C@H]1C(N)=O.Cc1nc(CCCc2ccccc2)sc1N1CCC[C@H]1c1nn[nH]n1. The summed E-state index contributed by atoms with van der Waals surface area (Å²) in [6, 6.07) is 21.3. The third-order valence-corrected chi connectivity index (χ3v) is 11.6. The Bertz CT molecular complexity index is 1720. The number of anilines is 2. The molecule has 5 heterocycles. The van der Waals surface area contributed by atoms with Crippen molar-refractivity contribution in [3.63, 3.8) is 0 Å². The van der Waals surface area contributed by atoms with Crippen LogP contribution < -0.4 is 15.5 Å². The molecule has 2 saturated heterocycles. The summed E-state index contributed by atoms with van der Waals surface area (Å²) in [5.41, 5.74) is 10.4. The Kier molecular flexibility index (Phi) is 11.5. The topological polar surface area (TPSA) is 130 Å². The molecular weight excluding hydrogens is 639 g/mol. The number of aryl methyl sites for hydroxylation is 6. The molecule has 5 aromatic rings. The minimum atomic E-state index is -0.221. The van der Waals surface area contributed by atoms with Crippen molar-refractivity contribution < 1.29 is 4.79 Å². The lowest BCUT2D eigenvalue weighted by atomic mass is 10.1. The van der Waals surface area contributed by atoms with Gasteiger partial charge in [0.2, 0.25) is 5.91 Å². The molecule has 3 aromatic heterocycles. The van der Waals surface area contributed by atoms with Gasteiger partial charge >= 0.3 is 0 Å². The first-order chi connectivity index (χ1) is 23.5. The fraction of sp³-hybridized carbons (Fsp3) is 0.444. The van der Waals surface area contributed by atoms with Crippen molar-refractivity contribution in [2.45, 2.75) is 90.1 Å². The van der Waals surface area contributed by atoms with Crippen LogP contribution in [0.4, 0.5) is 10.0 Å². The molecule has 2 fully saturated rings. The normalized spacial score (nSPS) is 17.5. The number of rotatable bonds is 12. The van der Waals surface area contributed by atoms with Crippen LogP contribution >= 0.6 is 22.7 Å². The number of H-pyrrole nitrogens is 1. The second-order valence-corrected chi connectivity index (χ2v) is 14.7. The van der Waals surface area contributed by atoms with Gasteiger partial charge in [-0.2, -0.15) is 5.21 Å². The number of hydrogen-bond acceptors (Lipinski definition) is 10. The Labute approximate surface area is 290 Å². The third kappa shape index (κ3) is 8.46. The van der Waals surface area contributed by atoms with Crippen LogP contribution in [-0.2, 0) is 30.5 Å². The summed E-state index contributed by atoms with van der Waals surface area (Å²) in [5, 5.41) is 19.4. The smallest absolute Gasteiger partial charge is 0.240 e. The molecule has 2 aliphatic rings. The first kappa shape index (κ1) is 33.7. The molecule has 0 spiro atoms. The van der Waals surface area contributed by atoms with Gasteiger partial charge in [0.1, 0.15) is 16.0 Å². The van der Waals surface area contributed by atoms with Crippen LogP contribution in [0.25, 0.3) is 0 Å². The van der Waals surface area contributed by atoms with E-state index in [1.165, 1.54) is 21.1 Å². The van der Waals surface area contributed by atoms with Crippen LogP contribution in [0.1, 0.15) is 82.9 Å². The van der Waals surface area contributed by atoms with Crippen molar-refractivity contribution in [2.75, 3.05) is 22.9 Å². The van der Waals surface area contributed by atoms with Gasteiger partial charge in [-0.3, -0.25) is 4.79 Å². The predicted octanol–water partition coefficient (Wildman–Crippen LogP) is 6.56. The Morgan fingerprint density at radius 3 is 1.88 bits per heavy atom. The number of tetrazole rings is 1. The van der Waals surface area contributed by atoms with Crippen molar-refractivity contribution in [1.82, 2.24) is 30.6 Å². The maximum Gasteiger partial charge on any atom is 0.240 e. The lowest BCUT2D eigenvalue weighted by molar-refractivity contribution is -0.119. The number of amides is 1. The summed E-state index contributed by atoms with van der Waals surface area (Å²) in [6.45, 7) is 6.08. The van der Waals surface area contributed by atoms with E-state index < -0.39 is 0 Å². The zero-order chi connectivity index (χ0) is 33.3. The second kappa shape index (κ2) is 16.3. The average Bonchev–Trinajstić information content (AvgIpc) is 3.93. The minimum absolute atomic E-state index is 0.161. The highest BCUT2D eigenvalue weighted by Gasteiger charge is 2.33. The maximum absolute atomic E-state index is 11.6. The number of carbonyl (C=O) groups is 1. The summed E-state index contributed by atoms with van der Waals surface area (Å²) in [5.74, 6) is 0.567. The van der Waals surface area contributed by atoms with Gasteiger partial charge < -0.3 is 15.5 Å². The number of hydrogen-bond donors (Lipinski definition) is 2. The lowest BCUT2D eigenvalue weighted by Crippen LogP contribution is -2.40. The molecular formula is C36H45N9OS2. The first-order valence-electron chi connectivity index (χ1n) is 17.0. The van der Waals surface area contributed by atoms with E-state index >= 15 is 0 Å². The predicted molar refractivity (Wildman–Crippen MR) is 194 cm³/mol. The molecule has 0 bridgehead atoms. The molecule has 0 unspecified atom stereocenters. The largest absolute Gasteiger partial charge is 0.368 e. The Morgan fingerprint density at radius 1 is 0.792 bits per heavy atom. The summed E-state index contributed by atoms with van der Waals surface area (Å²) in [4.78, 5) is 25.7. The molecule has 10 nitrogen and oxygen atoms in total. The maximum atomic E-state index is 11.6. The van der Waals surface area contributed by atoms with Crippen molar-refractivity contribution in [3.8, 4) is 0 Å². The van der Waals surface area contributed by atoms with Crippen LogP contribution in [0.15, 0.2) is 60.7 Å². The molecule has 2 aromatic carbocycles. The van der Waals surface area contributed by atoms with Gasteiger partial charge in [-0.15, -0.1) is 32.9 Å². The Hall–Kier alpha value is -4.16. The number of aromatic amines is 1. The summed E-state index contributed by atoms with van der Waals surface area (Å²) < 4.78 is 0. The third-order valence-electron chi connectivity index (χ3n) is 9.05. The zero-order valence-electron chi connectivity index (χ0n) is 27.8. The summed E-state index contributed by atoms with van der Waals surface area (Å²) >= 11 is 3.54. The number of nitrogens with one attached hydrogen (secondary N) is 1. The number of benzene rings is 2. The van der Waals surface area contributed by atoms with Gasteiger partial charge in [-0.1, -0.05) is 65.9 Å². The van der Waals surface area contributed by atoms with E-state index in [1.807, 2.05) is 24.3 Å². The average molecular weight is 684 g/mol.